The summed E-state index contributed by atoms with van der Waals surface area (Å²) >= 11 is 0. The standard InChI is InChI=1S/C17H27F2N5O2/c1-16(2,3)26-15(25)23-10-6-12(7-11-23)14-20-22-24(21-14)13-4-8-17(18,19)9-5-13/h12-13H,4-11H2,1-3H3. The first-order valence-corrected chi connectivity index (χ1v) is 9.28. The second-order valence-corrected chi connectivity index (χ2v) is 8.30. The van der Waals surface area contributed by atoms with E-state index in [4.69, 9.17) is 4.74 Å². The van der Waals surface area contributed by atoms with Gasteiger partial charge in [0, 0.05) is 31.8 Å². The number of alkyl halides is 2. The highest BCUT2D eigenvalue weighted by atomic mass is 19.3. The third kappa shape index (κ3) is 4.67. The SMILES string of the molecule is CC(C)(C)OC(=O)N1CCC(c2nnn(C3CCC(F)(F)CC3)n2)CC1. The molecule has 0 bridgehead atoms. The fraction of sp³-hybridized carbons (Fsp3) is 0.882. The lowest BCUT2D eigenvalue weighted by Gasteiger charge is -2.32. The minimum absolute atomic E-state index is 0.0993. The molecule has 0 atom stereocenters. The van der Waals surface area contributed by atoms with Gasteiger partial charge in [-0.1, -0.05) is 0 Å². The molecule has 26 heavy (non-hydrogen) atoms. The molecule has 1 aromatic heterocycles. The molecule has 2 aliphatic rings. The van der Waals surface area contributed by atoms with Crippen molar-refractivity contribution in [3.8, 4) is 0 Å². The Kier molecular flexibility index (Phi) is 5.16. The molecule has 2 fully saturated rings. The van der Waals surface area contributed by atoms with Gasteiger partial charge in [0.1, 0.15) is 5.60 Å². The van der Waals surface area contributed by atoms with Crippen molar-refractivity contribution in [2.75, 3.05) is 13.1 Å². The van der Waals surface area contributed by atoms with Gasteiger partial charge in [0.25, 0.3) is 0 Å². The number of ether oxygens (including phenoxy) is 1. The number of likely N-dealkylation sites (tertiary alicyclic amines) is 1. The van der Waals surface area contributed by atoms with Crippen molar-refractivity contribution in [1.29, 1.82) is 0 Å². The molecule has 3 rings (SSSR count). The zero-order valence-electron chi connectivity index (χ0n) is 15.6. The van der Waals surface area contributed by atoms with Gasteiger partial charge in [0.15, 0.2) is 5.82 Å². The number of carbonyl (C=O) groups is 1. The van der Waals surface area contributed by atoms with Crippen LogP contribution >= 0.6 is 0 Å². The molecule has 7 nitrogen and oxygen atoms in total. The molecule has 1 saturated heterocycles. The Bertz CT molecular complexity index is 625. The summed E-state index contributed by atoms with van der Waals surface area (Å²) in [6.45, 7) is 6.72. The van der Waals surface area contributed by atoms with Crippen LogP contribution in [0, 0.1) is 0 Å². The Morgan fingerprint density at radius 1 is 1.15 bits per heavy atom. The second kappa shape index (κ2) is 7.08. The third-order valence-corrected chi connectivity index (χ3v) is 4.97. The predicted octanol–water partition coefficient (Wildman–Crippen LogP) is 3.54. The summed E-state index contributed by atoms with van der Waals surface area (Å²) in [5, 5.41) is 12.7. The monoisotopic (exact) mass is 371 g/mol. The van der Waals surface area contributed by atoms with Crippen molar-refractivity contribution in [2.24, 2.45) is 0 Å². The van der Waals surface area contributed by atoms with E-state index in [0.29, 0.717) is 31.8 Å². The van der Waals surface area contributed by atoms with Gasteiger partial charge in [0.05, 0.1) is 6.04 Å². The van der Waals surface area contributed by atoms with Gasteiger partial charge < -0.3 is 9.64 Å². The maximum atomic E-state index is 13.3. The minimum atomic E-state index is -2.56. The van der Waals surface area contributed by atoms with E-state index in [-0.39, 0.29) is 30.9 Å². The third-order valence-electron chi connectivity index (χ3n) is 4.97. The second-order valence-electron chi connectivity index (χ2n) is 8.30. The molecule has 2 heterocycles. The quantitative estimate of drug-likeness (QED) is 0.795. The summed E-state index contributed by atoms with van der Waals surface area (Å²) in [5.74, 6) is -1.78. The van der Waals surface area contributed by atoms with Gasteiger partial charge in [-0.05, 0) is 51.7 Å². The molecule has 0 unspecified atom stereocenters. The Balaban J connectivity index is 1.53. The lowest BCUT2D eigenvalue weighted by atomic mass is 9.93. The van der Waals surface area contributed by atoms with E-state index in [1.54, 1.807) is 4.90 Å². The van der Waals surface area contributed by atoms with Crippen LogP contribution in [0.25, 0.3) is 0 Å². The predicted molar refractivity (Wildman–Crippen MR) is 90.1 cm³/mol. The number of rotatable bonds is 2. The summed E-state index contributed by atoms with van der Waals surface area (Å²) in [7, 11) is 0. The van der Waals surface area contributed by atoms with Gasteiger partial charge >= 0.3 is 6.09 Å². The van der Waals surface area contributed by atoms with Gasteiger partial charge in [0.2, 0.25) is 5.92 Å². The van der Waals surface area contributed by atoms with Crippen molar-refractivity contribution in [1.82, 2.24) is 25.1 Å². The number of piperidine rings is 1. The summed E-state index contributed by atoms with van der Waals surface area (Å²) < 4.78 is 32.0. The molecule has 1 saturated carbocycles. The maximum Gasteiger partial charge on any atom is 0.410 e. The van der Waals surface area contributed by atoms with E-state index in [1.807, 2.05) is 20.8 Å². The number of amides is 1. The molecule has 0 radical (unpaired) electrons. The zero-order valence-corrected chi connectivity index (χ0v) is 15.6. The van der Waals surface area contributed by atoms with E-state index < -0.39 is 11.5 Å². The van der Waals surface area contributed by atoms with Crippen LogP contribution in [-0.2, 0) is 4.74 Å². The first kappa shape index (κ1) is 19.0. The lowest BCUT2D eigenvalue weighted by molar-refractivity contribution is -0.0464. The highest BCUT2D eigenvalue weighted by Gasteiger charge is 2.37. The molecule has 1 aliphatic heterocycles. The molecular formula is C17H27F2N5O2. The zero-order chi connectivity index (χ0) is 18.9. The number of aromatic nitrogens is 4. The van der Waals surface area contributed by atoms with E-state index >= 15 is 0 Å². The van der Waals surface area contributed by atoms with Crippen LogP contribution < -0.4 is 0 Å². The topological polar surface area (TPSA) is 73.1 Å². The minimum Gasteiger partial charge on any atom is -0.444 e. The van der Waals surface area contributed by atoms with Crippen LogP contribution in [0.15, 0.2) is 0 Å². The number of halogens is 2. The summed E-state index contributed by atoms with van der Waals surface area (Å²) in [6.07, 6.45) is 1.70. The Labute approximate surface area is 152 Å². The lowest BCUT2D eigenvalue weighted by Crippen LogP contribution is -2.41. The van der Waals surface area contributed by atoms with Crippen LogP contribution in [0.5, 0.6) is 0 Å². The van der Waals surface area contributed by atoms with Crippen molar-refractivity contribution < 1.29 is 18.3 Å². The molecule has 1 aromatic rings. The molecule has 1 amide bonds. The highest BCUT2D eigenvalue weighted by Crippen LogP contribution is 2.38. The van der Waals surface area contributed by atoms with Crippen molar-refractivity contribution >= 4 is 6.09 Å². The van der Waals surface area contributed by atoms with Gasteiger partial charge in [-0.3, -0.25) is 0 Å². The van der Waals surface area contributed by atoms with Gasteiger partial charge in [-0.2, -0.15) is 4.80 Å². The van der Waals surface area contributed by atoms with Crippen molar-refractivity contribution in [3.63, 3.8) is 0 Å². The number of nitrogens with zero attached hydrogens (tertiary/aromatic N) is 5. The number of carbonyl (C=O) groups excluding carboxylic acids is 1. The van der Waals surface area contributed by atoms with Gasteiger partial charge in [-0.15, -0.1) is 10.2 Å². The molecule has 0 aromatic carbocycles. The van der Waals surface area contributed by atoms with Crippen LogP contribution in [0.1, 0.15) is 77.1 Å². The first-order valence-electron chi connectivity index (χ1n) is 9.28. The molecule has 146 valence electrons. The number of hydrogen-bond donors (Lipinski definition) is 0. The van der Waals surface area contributed by atoms with Crippen molar-refractivity contribution in [2.45, 2.75) is 82.8 Å². The smallest absolute Gasteiger partial charge is 0.410 e. The Hall–Kier alpha value is -1.80. The van der Waals surface area contributed by atoms with Crippen LogP contribution in [-0.4, -0.2) is 55.8 Å². The largest absolute Gasteiger partial charge is 0.444 e. The Morgan fingerprint density at radius 3 is 2.35 bits per heavy atom. The average molecular weight is 371 g/mol. The molecular weight excluding hydrogens is 344 g/mol. The maximum absolute atomic E-state index is 13.3. The first-order chi connectivity index (χ1) is 12.1. The van der Waals surface area contributed by atoms with Crippen LogP contribution in [0.4, 0.5) is 13.6 Å². The van der Waals surface area contributed by atoms with E-state index in [2.05, 4.69) is 15.4 Å². The Morgan fingerprint density at radius 2 is 1.77 bits per heavy atom. The average Bonchev–Trinajstić information content (AvgIpc) is 3.03. The molecule has 9 heteroatoms. The molecule has 0 N–H and O–H groups in total. The highest BCUT2D eigenvalue weighted by molar-refractivity contribution is 5.68. The van der Waals surface area contributed by atoms with E-state index in [0.717, 1.165) is 12.8 Å². The fourth-order valence-corrected chi connectivity index (χ4v) is 3.46. The van der Waals surface area contributed by atoms with Crippen molar-refractivity contribution in [3.05, 3.63) is 5.82 Å². The normalized spacial score (nSPS) is 22.4. The van der Waals surface area contributed by atoms with Crippen LogP contribution in [0.3, 0.4) is 0 Å². The number of hydrogen-bond acceptors (Lipinski definition) is 5. The summed E-state index contributed by atoms with van der Waals surface area (Å²) in [6, 6.07) is -0.0993. The summed E-state index contributed by atoms with van der Waals surface area (Å²) in [4.78, 5) is 15.3. The van der Waals surface area contributed by atoms with E-state index in [9.17, 15) is 13.6 Å². The molecule has 1 aliphatic carbocycles. The van der Waals surface area contributed by atoms with Gasteiger partial charge in [-0.25, -0.2) is 13.6 Å². The van der Waals surface area contributed by atoms with Crippen LogP contribution in [0.2, 0.25) is 0 Å². The molecule has 0 spiro atoms. The number of tetrazole rings is 1. The summed E-state index contributed by atoms with van der Waals surface area (Å²) in [5.41, 5.74) is -0.505. The fourth-order valence-electron chi connectivity index (χ4n) is 3.46. The van der Waals surface area contributed by atoms with E-state index in [1.165, 1.54) is 4.80 Å².